The number of nitrogens with one attached hydrogen (secondary N) is 1. The number of rotatable bonds is 9. The van der Waals surface area contributed by atoms with Gasteiger partial charge in [0.2, 0.25) is 5.91 Å². The van der Waals surface area contributed by atoms with Crippen molar-refractivity contribution in [3.05, 3.63) is 29.8 Å². The zero-order valence-corrected chi connectivity index (χ0v) is 14.9. The number of carbonyl (C=O) groups is 1. The maximum absolute atomic E-state index is 11.9. The van der Waals surface area contributed by atoms with E-state index in [2.05, 4.69) is 36.2 Å². The molecular weight excluding hydrogens is 314 g/mol. The zero-order chi connectivity index (χ0) is 17.5. The molecule has 0 heterocycles. The Morgan fingerprint density at radius 2 is 2.00 bits per heavy atom. The van der Waals surface area contributed by atoms with Crippen molar-refractivity contribution in [2.24, 2.45) is 5.73 Å². The summed E-state index contributed by atoms with van der Waals surface area (Å²) in [4.78, 5) is 14.1. The lowest BCUT2D eigenvalue weighted by Crippen LogP contribution is -2.44. The summed E-state index contributed by atoms with van der Waals surface area (Å²) < 4.78 is 22.2. The summed E-state index contributed by atoms with van der Waals surface area (Å²) in [5.41, 5.74) is 8.05. The molecule has 1 aromatic carbocycles. The number of benzene rings is 1. The van der Waals surface area contributed by atoms with E-state index in [1.807, 2.05) is 12.1 Å². The Morgan fingerprint density at radius 1 is 1.35 bits per heavy atom. The fraction of sp³-hybridized carbons (Fsp3) is 0.562. The Labute approximate surface area is 139 Å². The second-order valence-electron chi connectivity index (χ2n) is 5.68. The molecule has 0 aliphatic carbocycles. The largest absolute Gasteiger partial charge is 0.370 e. The van der Waals surface area contributed by atoms with E-state index in [1.165, 1.54) is 5.56 Å². The number of nitrogens with two attached hydrogens (primary N) is 1. The van der Waals surface area contributed by atoms with Crippen LogP contribution in [-0.2, 0) is 14.6 Å². The lowest BCUT2D eigenvalue weighted by molar-refractivity contribution is -0.122. The van der Waals surface area contributed by atoms with Gasteiger partial charge in [0, 0.05) is 31.6 Å². The molecule has 130 valence electrons. The highest BCUT2D eigenvalue weighted by Crippen LogP contribution is 2.18. The quantitative estimate of drug-likeness (QED) is 0.690. The van der Waals surface area contributed by atoms with Gasteiger partial charge in [-0.3, -0.25) is 4.79 Å². The molecule has 1 unspecified atom stereocenters. The van der Waals surface area contributed by atoms with Crippen molar-refractivity contribution in [1.29, 1.82) is 0 Å². The molecule has 1 atom stereocenters. The number of hydrogen-bond donors (Lipinski definition) is 2. The van der Waals surface area contributed by atoms with Gasteiger partial charge < -0.3 is 16.0 Å². The molecule has 6 nitrogen and oxygen atoms in total. The van der Waals surface area contributed by atoms with Crippen LogP contribution in [0.25, 0.3) is 0 Å². The Morgan fingerprint density at radius 3 is 2.57 bits per heavy atom. The first-order valence-electron chi connectivity index (χ1n) is 7.76. The van der Waals surface area contributed by atoms with Crippen molar-refractivity contribution in [2.45, 2.75) is 26.3 Å². The SMILES string of the molecule is CCN(CCNC(=O)C(N)CCS(C)(=O)=O)c1ccccc1C. The molecule has 0 bridgehead atoms. The predicted molar refractivity (Wildman–Crippen MR) is 94.4 cm³/mol. The highest BCUT2D eigenvalue weighted by molar-refractivity contribution is 7.90. The summed E-state index contributed by atoms with van der Waals surface area (Å²) in [7, 11) is -3.10. The van der Waals surface area contributed by atoms with Gasteiger partial charge in [-0.25, -0.2) is 8.42 Å². The summed E-state index contributed by atoms with van der Waals surface area (Å²) >= 11 is 0. The topological polar surface area (TPSA) is 92.5 Å². The molecule has 23 heavy (non-hydrogen) atoms. The molecule has 0 saturated heterocycles. The minimum Gasteiger partial charge on any atom is -0.370 e. The van der Waals surface area contributed by atoms with E-state index < -0.39 is 15.9 Å². The van der Waals surface area contributed by atoms with Crippen molar-refractivity contribution >= 4 is 21.4 Å². The number of hydrogen-bond acceptors (Lipinski definition) is 5. The maximum Gasteiger partial charge on any atom is 0.237 e. The summed E-state index contributed by atoms with van der Waals surface area (Å²) in [6.45, 7) is 6.09. The van der Waals surface area contributed by atoms with Gasteiger partial charge >= 0.3 is 0 Å². The minimum absolute atomic E-state index is 0.0775. The van der Waals surface area contributed by atoms with Crippen molar-refractivity contribution in [1.82, 2.24) is 5.32 Å². The number of para-hydroxylation sites is 1. The van der Waals surface area contributed by atoms with Crippen molar-refractivity contribution < 1.29 is 13.2 Å². The molecular formula is C16H27N3O3S. The fourth-order valence-corrected chi connectivity index (χ4v) is 2.97. The second kappa shape index (κ2) is 8.88. The van der Waals surface area contributed by atoms with Crippen LogP contribution >= 0.6 is 0 Å². The van der Waals surface area contributed by atoms with Gasteiger partial charge in [-0.05, 0) is 31.9 Å². The predicted octanol–water partition coefficient (Wildman–Crippen LogP) is 0.700. The Kier molecular flexibility index (Phi) is 7.51. The van der Waals surface area contributed by atoms with E-state index in [9.17, 15) is 13.2 Å². The first-order valence-corrected chi connectivity index (χ1v) is 9.82. The summed E-state index contributed by atoms with van der Waals surface area (Å²) in [6.07, 6.45) is 1.28. The molecule has 1 amide bonds. The van der Waals surface area contributed by atoms with E-state index in [0.717, 1.165) is 18.5 Å². The standard InChI is InChI=1S/C16H27N3O3S/c1-4-19(15-8-6-5-7-13(15)2)11-10-18-16(20)14(17)9-12-23(3,21)22/h5-8,14H,4,9-12,17H2,1-3H3,(H,18,20). The molecule has 0 fully saturated rings. The van der Waals surface area contributed by atoms with Crippen LogP contribution in [0.15, 0.2) is 24.3 Å². The maximum atomic E-state index is 11.9. The molecule has 7 heteroatoms. The van der Waals surface area contributed by atoms with Crippen molar-refractivity contribution in [2.75, 3.05) is 36.5 Å². The van der Waals surface area contributed by atoms with Crippen LogP contribution in [0.2, 0.25) is 0 Å². The van der Waals surface area contributed by atoms with Crippen LogP contribution in [0.4, 0.5) is 5.69 Å². The number of nitrogens with zero attached hydrogens (tertiary/aromatic N) is 1. The van der Waals surface area contributed by atoms with Gasteiger partial charge in [-0.1, -0.05) is 18.2 Å². The average molecular weight is 341 g/mol. The van der Waals surface area contributed by atoms with E-state index in [-0.39, 0.29) is 18.1 Å². The highest BCUT2D eigenvalue weighted by Gasteiger charge is 2.16. The van der Waals surface area contributed by atoms with Crippen molar-refractivity contribution in [3.63, 3.8) is 0 Å². The zero-order valence-electron chi connectivity index (χ0n) is 14.1. The van der Waals surface area contributed by atoms with Gasteiger partial charge in [0.15, 0.2) is 0 Å². The first kappa shape index (κ1) is 19.4. The number of likely N-dealkylation sites (N-methyl/N-ethyl adjacent to an activating group) is 1. The molecule has 0 aromatic heterocycles. The number of anilines is 1. The summed E-state index contributed by atoms with van der Waals surface area (Å²) in [5.74, 6) is -0.388. The van der Waals surface area contributed by atoms with Gasteiger partial charge in [0.1, 0.15) is 9.84 Å². The normalized spacial score (nSPS) is 12.7. The highest BCUT2D eigenvalue weighted by atomic mass is 32.2. The molecule has 1 aromatic rings. The minimum atomic E-state index is -3.10. The lowest BCUT2D eigenvalue weighted by atomic mass is 10.2. The number of carbonyl (C=O) groups excluding carboxylic acids is 1. The van der Waals surface area contributed by atoms with Gasteiger partial charge in [-0.15, -0.1) is 0 Å². The smallest absolute Gasteiger partial charge is 0.237 e. The monoisotopic (exact) mass is 341 g/mol. The van der Waals surface area contributed by atoms with E-state index in [0.29, 0.717) is 13.1 Å². The Bertz CT molecular complexity index is 617. The molecule has 0 aliphatic heterocycles. The fourth-order valence-electron chi connectivity index (χ4n) is 2.28. The molecule has 0 saturated carbocycles. The number of sulfone groups is 1. The first-order chi connectivity index (χ1) is 10.7. The summed E-state index contributed by atoms with van der Waals surface area (Å²) in [6, 6.07) is 7.30. The Balaban J connectivity index is 2.45. The molecule has 0 radical (unpaired) electrons. The van der Waals surface area contributed by atoms with E-state index in [4.69, 9.17) is 5.73 Å². The van der Waals surface area contributed by atoms with Crippen LogP contribution in [0.1, 0.15) is 18.9 Å². The van der Waals surface area contributed by atoms with Crippen LogP contribution in [-0.4, -0.2) is 52.0 Å². The lowest BCUT2D eigenvalue weighted by Gasteiger charge is -2.25. The van der Waals surface area contributed by atoms with Gasteiger partial charge in [-0.2, -0.15) is 0 Å². The van der Waals surface area contributed by atoms with Crippen LogP contribution in [0, 0.1) is 6.92 Å². The van der Waals surface area contributed by atoms with Crippen LogP contribution in [0.3, 0.4) is 0 Å². The third kappa shape index (κ3) is 7.00. The van der Waals surface area contributed by atoms with Gasteiger partial charge in [0.05, 0.1) is 11.8 Å². The van der Waals surface area contributed by atoms with Crippen LogP contribution < -0.4 is 16.0 Å². The molecule has 0 aliphatic rings. The van der Waals surface area contributed by atoms with Crippen LogP contribution in [0.5, 0.6) is 0 Å². The third-order valence-electron chi connectivity index (χ3n) is 3.66. The number of aryl methyl sites for hydroxylation is 1. The van der Waals surface area contributed by atoms with E-state index >= 15 is 0 Å². The molecule has 3 N–H and O–H groups in total. The van der Waals surface area contributed by atoms with Crippen molar-refractivity contribution in [3.8, 4) is 0 Å². The third-order valence-corrected chi connectivity index (χ3v) is 4.63. The Hall–Kier alpha value is -1.60. The van der Waals surface area contributed by atoms with Gasteiger partial charge in [0.25, 0.3) is 0 Å². The van der Waals surface area contributed by atoms with E-state index in [1.54, 1.807) is 0 Å². The second-order valence-corrected chi connectivity index (χ2v) is 7.94. The molecule has 1 rings (SSSR count). The average Bonchev–Trinajstić information content (AvgIpc) is 2.49. The molecule has 0 spiro atoms. The summed E-state index contributed by atoms with van der Waals surface area (Å²) in [5, 5.41) is 2.77. The number of amides is 1.